The minimum atomic E-state index is -1.11. The molecule has 0 radical (unpaired) electrons. The van der Waals surface area contributed by atoms with Crippen molar-refractivity contribution in [2.24, 2.45) is 5.92 Å². The molecule has 1 unspecified atom stereocenters. The summed E-state index contributed by atoms with van der Waals surface area (Å²) >= 11 is 0. The Hall–Kier alpha value is -1.91. The predicted molar refractivity (Wildman–Crippen MR) is 79.3 cm³/mol. The number of hydrogen-bond donors (Lipinski definition) is 1. The molecule has 5 nitrogen and oxygen atoms in total. The summed E-state index contributed by atoms with van der Waals surface area (Å²) in [5.41, 5.74) is 0.142. The lowest BCUT2D eigenvalue weighted by Crippen LogP contribution is -2.32. The van der Waals surface area contributed by atoms with E-state index in [1.807, 2.05) is 4.90 Å². The predicted octanol–water partition coefficient (Wildman–Crippen LogP) is 2.82. The molecule has 2 rings (SSSR count). The van der Waals surface area contributed by atoms with Crippen LogP contribution in [0.5, 0.6) is 0 Å². The van der Waals surface area contributed by atoms with Crippen LogP contribution in [0.25, 0.3) is 0 Å². The molecule has 21 heavy (non-hydrogen) atoms. The Labute approximate surface area is 125 Å². The van der Waals surface area contributed by atoms with Gasteiger partial charge in [-0.3, -0.25) is 4.79 Å². The van der Waals surface area contributed by atoms with E-state index in [2.05, 4.69) is 11.9 Å². The number of nitrogens with zero attached hydrogens (tertiary/aromatic N) is 2. The van der Waals surface area contributed by atoms with Crippen LogP contribution in [-0.4, -0.2) is 40.0 Å². The minimum absolute atomic E-state index is 0.0838. The van der Waals surface area contributed by atoms with Gasteiger partial charge in [0.1, 0.15) is 11.4 Å². The summed E-state index contributed by atoms with van der Waals surface area (Å²) in [4.78, 5) is 29.1. The Bertz CT molecular complexity index is 516. The van der Waals surface area contributed by atoms with Crippen molar-refractivity contribution in [3.05, 3.63) is 29.6 Å². The summed E-state index contributed by atoms with van der Waals surface area (Å²) in [5, 5.41) is 8.95. The van der Waals surface area contributed by atoms with Crippen molar-refractivity contribution in [2.75, 3.05) is 13.1 Å². The molecule has 1 N–H and O–H groups in total. The van der Waals surface area contributed by atoms with Gasteiger partial charge in [0.15, 0.2) is 0 Å². The van der Waals surface area contributed by atoms with Crippen LogP contribution < -0.4 is 0 Å². The van der Waals surface area contributed by atoms with Crippen molar-refractivity contribution < 1.29 is 14.7 Å². The van der Waals surface area contributed by atoms with Gasteiger partial charge in [-0.05, 0) is 37.3 Å². The number of aromatic carboxylic acids is 1. The number of carboxylic acid groups (broad SMARTS) is 1. The first-order valence-corrected chi connectivity index (χ1v) is 7.61. The Kier molecular flexibility index (Phi) is 5.31. The summed E-state index contributed by atoms with van der Waals surface area (Å²) < 4.78 is 0. The molecule has 1 aromatic rings. The zero-order valence-electron chi connectivity index (χ0n) is 12.4. The Morgan fingerprint density at radius 3 is 2.76 bits per heavy atom. The largest absolute Gasteiger partial charge is 0.477 e. The Balaban J connectivity index is 2.06. The first-order chi connectivity index (χ1) is 10.1. The molecule has 1 atom stereocenters. The van der Waals surface area contributed by atoms with Crippen LogP contribution in [0.1, 0.15) is 60.0 Å². The third kappa shape index (κ3) is 4.03. The molecule has 0 bridgehead atoms. The number of likely N-dealkylation sites (tertiary alicyclic amines) is 1. The van der Waals surface area contributed by atoms with E-state index in [1.165, 1.54) is 25.3 Å². The minimum Gasteiger partial charge on any atom is -0.477 e. The highest BCUT2D eigenvalue weighted by atomic mass is 16.4. The average Bonchev–Trinajstić information content (AvgIpc) is 2.73. The van der Waals surface area contributed by atoms with Crippen molar-refractivity contribution in [1.82, 2.24) is 9.88 Å². The van der Waals surface area contributed by atoms with Gasteiger partial charge >= 0.3 is 5.97 Å². The van der Waals surface area contributed by atoms with Crippen LogP contribution in [0.3, 0.4) is 0 Å². The second kappa shape index (κ2) is 7.20. The van der Waals surface area contributed by atoms with E-state index in [0.717, 1.165) is 25.9 Å². The smallest absolute Gasteiger partial charge is 0.354 e. The zero-order chi connectivity index (χ0) is 15.2. The Morgan fingerprint density at radius 1 is 1.29 bits per heavy atom. The summed E-state index contributed by atoms with van der Waals surface area (Å²) in [6.45, 7) is 3.66. The third-order valence-corrected chi connectivity index (χ3v) is 4.02. The van der Waals surface area contributed by atoms with E-state index in [9.17, 15) is 9.59 Å². The van der Waals surface area contributed by atoms with Crippen molar-refractivity contribution in [3.63, 3.8) is 0 Å². The fourth-order valence-electron chi connectivity index (χ4n) is 2.90. The number of pyridine rings is 1. The lowest BCUT2D eigenvalue weighted by Gasteiger charge is -2.20. The molecule has 1 amide bonds. The molecule has 0 aromatic carbocycles. The molecule has 114 valence electrons. The maximum atomic E-state index is 12.5. The number of aromatic nitrogens is 1. The van der Waals surface area contributed by atoms with Crippen molar-refractivity contribution in [2.45, 2.75) is 39.0 Å². The Morgan fingerprint density at radius 2 is 2.05 bits per heavy atom. The SMILES string of the molecule is CCCC1CCCN(C(=O)c2cccc(C(=O)O)n2)CC1. The molecule has 1 aromatic heterocycles. The molecule has 1 saturated heterocycles. The number of carboxylic acids is 1. The fraction of sp³-hybridized carbons (Fsp3) is 0.562. The lowest BCUT2D eigenvalue weighted by atomic mass is 9.96. The molecule has 0 spiro atoms. The van der Waals surface area contributed by atoms with Crippen LogP contribution in [-0.2, 0) is 0 Å². The van der Waals surface area contributed by atoms with E-state index in [-0.39, 0.29) is 17.3 Å². The second-order valence-corrected chi connectivity index (χ2v) is 5.59. The van der Waals surface area contributed by atoms with E-state index < -0.39 is 5.97 Å². The highest BCUT2D eigenvalue weighted by Crippen LogP contribution is 2.22. The van der Waals surface area contributed by atoms with Gasteiger partial charge in [-0.25, -0.2) is 9.78 Å². The van der Waals surface area contributed by atoms with E-state index in [4.69, 9.17) is 5.11 Å². The van der Waals surface area contributed by atoms with E-state index in [1.54, 1.807) is 12.1 Å². The number of carbonyl (C=O) groups excluding carboxylic acids is 1. The first kappa shape index (κ1) is 15.5. The number of carbonyl (C=O) groups is 2. The van der Waals surface area contributed by atoms with Crippen LogP contribution in [0.4, 0.5) is 0 Å². The summed E-state index contributed by atoms with van der Waals surface area (Å²) in [7, 11) is 0. The summed E-state index contributed by atoms with van der Waals surface area (Å²) in [6, 6.07) is 4.56. The molecule has 1 aliphatic rings. The van der Waals surface area contributed by atoms with Gasteiger partial charge in [-0.15, -0.1) is 0 Å². The second-order valence-electron chi connectivity index (χ2n) is 5.59. The van der Waals surface area contributed by atoms with Crippen LogP contribution in [0, 0.1) is 5.92 Å². The average molecular weight is 290 g/mol. The van der Waals surface area contributed by atoms with Crippen molar-refractivity contribution >= 4 is 11.9 Å². The number of rotatable bonds is 4. The lowest BCUT2D eigenvalue weighted by molar-refractivity contribution is 0.0690. The van der Waals surface area contributed by atoms with Crippen LogP contribution >= 0.6 is 0 Å². The normalized spacial score (nSPS) is 19.1. The molecule has 5 heteroatoms. The zero-order valence-corrected chi connectivity index (χ0v) is 12.4. The molecular formula is C16H22N2O3. The fourth-order valence-corrected chi connectivity index (χ4v) is 2.90. The maximum absolute atomic E-state index is 12.5. The monoisotopic (exact) mass is 290 g/mol. The van der Waals surface area contributed by atoms with E-state index >= 15 is 0 Å². The molecule has 2 heterocycles. The van der Waals surface area contributed by atoms with Gasteiger partial charge in [-0.2, -0.15) is 0 Å². The topological polar surface area (TPSA) is 70.5 Å². The van der Waals surface area contributed by atoms with Gasteiger partial charge in [0.05, 0.1) is 0 Å². The van der Waals surface area contributed by atoms with Gasteiger partial charge < -0.3 is 10.0 Å². The van der Waals surface area contributed by atoms with Gasteiger partial charge in [0.25, 0.3) is 5.91 Å². The summed E-state index contributed by atoms with van der Waals surface area (Å²) in [6.07, 6.45) is 5.60. The summed E-state index contributed by atoms with van der Waals surface area (Å²) in [5.74, 6) is -0.565. The molecule has 0 aliphatic carbocycles. The standard InChI is InChI=1S/C16H22N2O3/c1-2-5-12-6-4-10-18(11-9-12)15(19)13-7-3-8-14(17-13)16(20)21/h3,7-8,12H,2,4-6,9-11H2,1H3,(H,20,21). The molecule has 1 fully saturated rings. The van der Waals surface area contributed by atoms with E-state index in [0.29, 0.717) is 5.92 Å². The quantitative estimate of drug-likeness (QED) is 0.925. The maximum Gasteiger partial charge on any atom is 0.354 e. The van der Waals surface area contributed by atoms with Gasteiger partial charge in [0, 0.05) is 13.1 Å². The molecule has 0 saturated carbocycles. The van der Waals surface area contributed by atoms with Crippen LogP contribution in [0.2, 0.25) is 0 Å². The van der Waals surface area contributed by atoms with Crippen molar-refractivity contribution in [1.29, 1.82) is 0 Å². The first-order valence-electron chi connectivity index (χ1n) is 7.61. The molecule has 1 aliphatic heterocycles. The molecular weight excluding hydrogens is 268 g/mol. The van der Waals surface area contributed by atoms with Crippen LogP contribution in [0.15, 0.2) is 18.2 Å². The van der Waals surface area contributed by atoms with Crippen molar-refractivity contribution in [3.8, 4) is 0 Å². The number of amides is 1. The third-order valence-electron chi connectivity index (χ3n) is 4.02. The van der Waals surface area contributed by atoms with Gasteiger partial charge in [0.2, 0.25) is 0 Å². The highest BCUT2D eigenvalue weighted by molar-refractivity contribution is 5.94. The van der Waals surface area contributed by atoms with Gasteiger partial charge in [-0.1, -0.05) is 25.8 Å². The highest BCUT2D eigenvalue weighted by Gasteiger charge is 2.22. The number of hydrogen-bond acceptors (Lipinski definition) is 3.